The van der Waals surface area contributed by atoms with Crippen LogP contribution in [0.15, 0.2) is 30.3 Å². The minimum atomic E-state index is 0.00734. The first-order valence-electron chi connectivity index (χ1n) is 7.76. The maximum atomic E-state index is 12.5. The maximum Gasteiger partial charge on any atom is 0.318 e. The van der Waals surface area contributed by atoms with E-state index in [1.54, 1.807) is 0 Å². The van der Waals surface area contributed by atoms with Crippen LogP contribution in [0, 0.1) is 0 Å². The van der Waals surface area contributed by atoms with Gasteiger partial charge in [-0.15, -0.1) is 0 Å². The number of hydrogen-bond acceptors (Lipinski definition) is 2. The quantitative estimate of drug-likeness (QED) is 0.930. The Morgan fingerprint density at radius 2 is 1.67 bits per heavy atom. The summed E-state index contributed by atoms with van der Waals surface area (Å²) < 4.78 is 5.84. The lowest BCUT2D eigenvalue weighted by Crippen LogP contribution is -2.61. The van der Waals surface area contributed by atoms with Gasteiger partial charge >= 0.3 is 6.03 Å². The Bertz CT molecular complexity index is 449. The smallest absolute Gasteiger partial charge is 0.318 e. The number of benzene rings is 1. The number of nitrogens with one attached hydrogen (secondary N) is 1. The van der Waals surface area contributed by atoms with Gasteiger partial charge in [-0.1, -0.05) is 30.3 Å². The van der Waals surface area contributed by atoms with Gasteiger partial charge in [0, 0.05) is 6.54 Å². The molecular formula is C17H26N2O2. The summed E-state index contributed by atoms with van der Waals surface area (Å²) in [5.41, 5.74) is 1.24. The van der Waals surface area contributed by atoms with E-state index < -0.39 is 0 Å². The Hall–Kier alpha value is -1.55. The van der Waals surface area contributed by atoms with Gasteiger partial charge in [0.15, 0.2) is 0 Å². The van der Waals surface area contributed by atoms with Crippen molar-refractivity contribution in [3.8, 4) is 0 Å². The van der Waals surface area contributed by atoms with Crippen LogP contribution in [-0.4, -0.2) is 41.8 Å². The third-order valence-electron chi connectivity index (χ3n) is 4.43. The van der Waals surface area contributed by atoms with Gasteiger partial charge in [-0.25, -0.2) is 4.79 Å². The number of morpholine rings is 1. The van der Waals surface area contributed by atoms with Crippen molar-refractivity contribution in [2.75, 3.05) is 6.54 Å². The zero-order valence-corrected chi connectivity index (χ0v) is 13.4. The fraction of sp³-hybridized carbons (Fsp3) is 0.588. The van der Waals surface area contributed by atoms with Crippen molar-refractivity contribution >= 4 is 6.03 Å². The molecule has 4 atom stereocenters. The molecular weight excluding hydrogens is 264 g/mol. The van der Waals surface area contributed by atoms with Crippen LogP contribution in [0.1, 0.15) is 33.3 Å². The summed E-state index contributed by atoms with van der Waals surface area (Å²) in [5, 5.41) is 3.03. The highest BCUT2D eigenvalue weighted by Crippen LogP contribution is 2.23. The van der Waals surface area contributed by atoms with Crippen LogP contribution >= 0.6 is 0 Å². The third-order valence-corrected chi connectivity index (χ3v) is 4.43. The standard InChI is InChI=1S/C17H26N2O2/c1-12-14(3)21-15(4)13(2)19(12)17(20)18-11-10-16-8-6-5-7-9-16/h5-9,12-15H,10-11H2,1-4H3,(H,18,20)/t12-,13+,14-,15-/m1/s1. The summed E-state index contributed by atoms with van der Waals surface area (Å²) in [6, 6.07) is 10.4. The van der Waals surface area contributed by atoms with E-state index in [-0.39, 0.29) is 30.3 Å². The number of carbonyl (C=O) groups excluding carboxylic acids is 1. The molecule has 4 heteroatoms. The monoisotopic (exact) mass is 290 g/mol. The molecule has 2 rings (SSSR count). The summed E-state index contributed by atoms with van der Waals surface area (Å²) in [6.45, 7) is 8.80. The molecule has 4 nitrogen and oxygen atoms in total. The highest BCUT2D eigenvalue weighted by Gasteiger charge is 2.37. The van der Waals surface area contributed by atoms with E-state index in [0.717, 1.165) is 6.42 Å². The van der Waals surface area contributed by atoms with Crippen molar-refractivity contribution in [3.63, 3.8) is 0 Å². The van der Waals surface area contributed by atoms with E-state index in [2.05, 4.69) is 17.4 Å². The first kappa shape index (κ1) is 15.8. The summed E-state index contributed by atoms with van der Waals surface area (Å²) in [7, 11) is 0. The lowest BCUT2D eigenvalue weighted by atomic mass is 10.0. The fourth-order valence-electron chi connectivity index (χ4n) is 2.81. The highest BCUT2D eigenvalue weighted by atomic mass is 16.5. The van der Waals surface area contributed by atoms with Crippen LogP contribution < -0.4 is 5.32 Å². The van der Waals surface area contributed by atoms with Crippen LogP contribution in [0.5, 0.6) is 0 Å². The molecule has 2 amide bonds. The molecule has 0 saturated carbocycles. The summed E-state index contributed by atoms with van der Waals surface area (Å²) in [6.07, 6.45) is 0.984. The van der Waals surface area contributed by atoms with Crippen LogP contribution in [0.25, 0.3) is 0 Å². The summed E-state index contributed by atoms with van der Waals surface area (Å²) in [5.74, 6) is 0. The predicted octanol–water partition coefficient (Wildman–Crippen LogP) is 2.82. The largest absolute Gasteiger partial charge is 0.371 e. The molecule has 21 heavy (non-hydrogen) atoms. The normalized spacial score (nSPS) is 29.2. The van der Waals surface area contributed by atoms with Gasteiger partial charge in [0.1, 0.15) is 0 Å². The van der Waals surface area contributed by atoms with Crippen molar-refractivity contribution in [1.82, 2.24) is 10.2 Å². The number of urea groups is 1. The Kier molecular flexibility index (Phi) is 5.23. The van der Waals surface area contributed by atoms with E-state index in [1.807, 2.05) is 50.8 Å². The molecule has 1 N–H and O–H groups in total. The minimum absolute atomic E-state index is 0.00734. The Morgan fingerprint density at radius 3 is 2.24 bits per heavy atom. The van der Waals surface area contributed by atoms with Crippen LogP contribution in [-0.2, 0) is 11.2 Å². The van der Waals surface area contributed by atoms with Crippen LogP contribution in [0.4, 0.5) is 4.79 Å². The lowest BCUT2D eigenvalue weighted by Gasteiger charge is -2.45. The molecule has 1 aliphatic rings. The first-order valence-corrected chi connectivity index (χ1v) is 7.76. The second-order valence-corrected chi connectivity index (χ2v) is 5.90. The number of nitrogens with zero attached hydrogens (tertiary/aromatic N) is 1. The van der Waals surface area contributed by atoms with Crippen LogP contribution in [0.3, 0.4) is 0 Å². The van der Waals surface area contributed by atoms with Gasteiger partial charge in [0.25, 0.3) is 0 Å². The average Bonchev–Trinajstić information content (AvgIpc) is 2.46. The molecule has 0 unspecified atom stereocenters. The Balaban J connectivity index is 1.89. The van der Waals surface area contributed by atoms with Crippen molar-refractivity contribution in [3.05, 3.63) is 35.9 Å². The zero-order valence-electron chi connectivity index (χ0n) is 13.4. The SMILES string of the molecule is C[C@@H]1[C@@H](C)O[C@H](C)[C@H](C)N1C(=O)NCCc1ccccc1. The molecule has 1 aromatic rings. The zero-order chi connectivity index (χ0) is 15.4. The van der Waals surface area contributed by atoms with Gasteiger partial charge in [0.2, 0.25) is 0 Å². The second kappa shape index (κ2) is 6.94. The minimum Gasteiger partial charge on any atom is -0.371 e. The van der Waals surface area contributed by atoms with E-state index in [0.29, 0.717) is 6.54 Å². The number of carbonyl (C=O) groups is 1. The molecule has 0 radical (unpaired) electrons. The fourth-order valence-corrected chi connectivity index (χ4v) is 2.81. The predicted molar refractivity (Wildman–Crippen MR) is 84.3 cm³/mol. The number of amides is 2. The molecule has 0 bridgehead atoms. The van der Waals surface area contributed by atoms with Crippen molar-refractivity contribution in [1.29, 1.82) is 0 Å². The Labute approximate surface area is 127 Å². The molecule has 1 saturated heterocycles. The number of ether oxygens (including phenoxy) is 1. The van der Waals surface area contributed by atoms with Crippen LogP contribution in [0.2, 0.25) is 0 Å². The summed E-state index contributed by atoms with van der Waals surface area (Å²) >= 11 is 0. The van der Waals surface area contributed by atoms with E-state index in [1.165, 1.54) is 5.56 Å². The molecule has 1 aromatic carbocycles. The molecule has 116 valence electrons. The number of rotatable bonds is 3. The van der Waals surface area contributed by atoms with E-state index in [4.69, 9.17) is 4.74 Å². The lowest BCUT2D eigenvalue weighted by molar-refractivity contribution is -0.111. The van der Waals surface area contributed by atoms with Gasteiger partial charge in [-0.2, -0.15) is 0 Å². The van der Waals surface area contributed by atoms with Gasteiger partial charge in [0.05, 0.1) is 24.3 Å². The highest BCUT2D eigenvalue weighted by molar-refractivity contribution is 5.75. The van der Waals surface area contributed by atoms with E-state index >= 15 is 0 Å². The first-order chi connectivity index (χ1) is 10.0. The van der Waals surface area contributed by atoms with Crippen molar-refractivity contribution in [2.24, 2.45) is 0 Å². The topological polar surface area (TPSA) is 41.6 Å². The molecule has 0 aliphatic carbocycles. The molecule has 1 fully saturated rings. The van der Waals surface area contributed by atoms with E-state index in [9.17, 15) is 4.79 Å². The van der Waals surface area contributed by atoms with Gasteiger partial charge in [-0.3, -0.25) is 0 Å². The summed E-state index contributed by atoms with van der Waals surface area (Å²) in [4.78, 5) is 14.4. The van der Waals surface area contributed by atoms with Crippen molar-refractivity contribution < 1.29 is 9.53 Å². The molecule has 0 spiro atoms. The molecule has 1 aliphatic heterocycles. The van der Waals surface area contributed by atoms with Gasteiger partial charge < -0.3 is 15.0 Å². The second-order valence-electron chi connectivity index (χ2n) is 5.90. The number of hydrogen-bond donors (Lipinski definition) is 1. The van der Waals surface area contributed by atoms with Crippen molar-refractivity contribution in [2.45, 2.75) is 58.4 Å². The average molecular weight is 290 g/mol. The maximum absolute atomic E-state index is 12.5. The third kappa shape index (κ3) is 3.76. The van der Waals surface area contributed by atoms with Gasteiger partial charge in [-0.05, 0) is 39.7 Å². The molecule has 1 heterocycles. The molecule has 0 aromatic heterocycles. The Morgan fingerprint density at radius 1 is 1.10 bits per heavy atom.